The van der Waals surface area contributed by atoms with Crippen molar-refractivity contribution in [1.29, 1.82) is 0 Å². The lowest BCUT2D eigenvalue weighted by Crippen LogP contribution is -1.97. The van der Waals surface area contributed by atoms with Crippen molar-refractivity contribution in [3.05, 3.63) is 28.8 Å². The topological polar surface area (TPSA) is 33.1 Å². The predicted octanol–water partition coefficient (Wildman–Crippen LogP) is 1.33. The van der Waals surface area contributed by atoms with E-state index in [-0.39, 0.29) is 6.61 Å². The number of aliphatic hydroxyl groups excluding tert-OH is 1. The van der Waals surface area contributed by atoms with Crippen molar-refractivity contribution in [2.75, 3.05) is 0 Å². The highest BCUT2D eigenvalue weighted by atomic mass is 19.1. The van der Waals surface area contributed by atoms with Gasteiger partial charge in [-0.15, -0.1) is 0 Å². The van der Waals surface area contributed by atoms with E-state index in [1.807, 2.05) is 0 Å². The van der Waals surface area contributed by atoms with Crippen LogP contribution >= 0.6 is 0 Å². The molecule has 0 unspecified atom stereocenters. The molecule has 1 aromatic heterocycles. The van der Waals surface area contributed by atoms with Crippen molar-refractivity contribution in [2.45, 2.75) is 20.5 Å². The Hall–Kier alpha value is -0.960. The van der Waals surface area contributed by atoms with Crippen LogP contribution in [0.1, 0.15) is 16.8 Å². The van der Waals surface area contributed by atoms with Gasteiger partial charge in [0.2, 0.25) is 5.95 Å². The molecule has 0 aliphatic heterocycles. The molecule has 1 aromatic rings. The molecular formula is C8H10FNO. The van der Waals surface area contributed by atoms with E-state index in [2.05, 4.69) is 4.98 Å². The second-order valence-electron chi connectivity index (χ2n) is 2.50. The summed E-state index contributed by atoms with van der Waals surface area (Å²) in [5, 5.41) is 8.77. The molecule has 1 N–H and O–H groups in total. The van der Waals surface area contributed by atoms with Gasteiger partial charge in [-0.05, 0) is 25.5 Å². The first-order chi connectivity index (χ1) is 5.15. The van der Waals surface area contributed by atoms with E-state index in [1.165, 1.54) is 0 Å². The normalized spacial score (nSPS) is 10.2. The largest absolute Gasteiger partial charge is 0.392 e. The second-order valence-corrected chi connectivity index (χ2v) is 2.50. The summed E-state index contributed by atoms with van der Waals surface area (Å²) in [4.78, 5) is 3.62. The van der Waals surface area contributed by atoms with Crippen molar-refractivity contribution in [1.82, 2.24) is 4.98 Å². The van der Waals surface area contributed by atoms with Gasteiger partial charge in [0.05, 0.1) is 6.61 Å². The zero-order chi connectivity index (χ0) is 8.43. The third-order valence-corrected chi connectivity index (χ3v) is 1.62. The first-order valence-electron chi connectivity index (χ1n) is 3.38. The third-order valence-electron chi connectivity index (χ3n) is 1.62. The Labute approximate surface area is 64.7 Å². The molecule has 0 saturated heterocycles. The molecule has 2 nitrogen and oxygen atoms in total. The third kappa shape index (κ3) is 1.54. The Morgan fingerprint density at radius 2 is 2.18 bits per heavy atom. The fraction of sp³-hybridized carbons (Fsp3) is 0.375. The van der Waals surface area contributed by atoms with Crippen LogP contribution in [0.15, 0.2) is 6.07 Å². The Kier molecular flexibility index (Phi) is 2.19. The molecule has 1 rings (SSSR count). The van der Waals surface area contributed by atoms with Gasteiger partial charge in [0, 0.05) is 11.3 Å². The lowest BCUT2D eigenvalue weighted by atomic mass is 10.1. The van der Waals surface area contributed by atoms with Gasteiger partial charge in [0.25, 0.3) is 0 Å². The van der Waals surface area contributed by atoms with E-state index < -0.39 is 5.95 Å². The first kappa shape index (κ1) is 8.14. The lowest BCUT2D eigenvalue weighted by Gasteiger charge is -2.02. The van der Waals surface area contributed by atoms with Crippen molar-refractivity contribution < 1.29 is 9.50 Å². The molecule has 0 fully saturated rings. The van der Waals surface area contributed by atoms with Gasteiger partial charge >= 0.3 is 0 Å². The van der Waals surface area contributed by atoms with Crippen LogP contribution in [0, 0.1) is 19.8 Å². The summed E-state index contributed by atoms with van der Waals surface area (Å²) < 4.78 is 12.7. The highest BCUT2D eigenvalue weighted by Gasteiger charge is 2.03. The smallest absolute Gasteiger partial charge is 0.216 e. The Bertz CT molecular complexity index is 273. The van der Waals surface area contributed by atoms with Gasteiger partial charge in [-0.25, -0.2) is 4.98 Å². The summed E-state index contributed by atoms with van der Waals surface area (Å²) in [5.41, 5.74) is 1.71. The summed E-state index contributed by atoms with van der Waals surface area (Å²) in [5.74, 6) is -0.459. The molecular weight excluding hydrogens is 145 g/mol. The fourth-order valence-corrected chi connectivity index (χ4v) is 0.893. The van der Waals surface area contributed by atoms with Crippen LogP contribution in [0.3, 0.4) is 0 Å². The number of hydrogen-bond donors (Lipinski definition) is 1. The van der Waals surface area contributed by atoms with Gasteiger partial charge in [0.1, 0.15) is 0 Å². The van der Waals surface area contributed by atoms with Crippen molar-refractivity contribution in [3.8, 4) is 0 Å². The maximum absolute atomic E-state index is 12.7. The number of rotatable bonds is 1. The van der Waals surface area contributed by atoms with Crippen LogP contribution in [-0.4, -0.2) is 10.1 Å². The molecule has 0 spiro atoms. The summed E-state index contributed by atoms with van der Waals surface area (Å²) in [6.07, 6.45) is 0. The monoisotopic (exact) mass is 155 g/mol. The van der Waals surface area contributed by atoms with Crippen LogP contribution in [0.5, 0.6) is 0 Å². The maximum Gasteiger partial charge on any atom is 0.216 e. The highest BCUT2D eigenvalue weighted by Crippen LogP contribution is 2.10. The SMILES string of the molecule is Cc1cc(CO)c(C)nc1F. The average Bonchev–Trinajstić information content (AvgIpc) is 1.97. The van der Waals surface area contributed by atoms with Gasteiger partial charge in [-0.3, -0.25) is 0 Å². The van der Waals surface area contributed by atoms with E-state index in [0.717, 1.165) is 0 Å². The first-order valence-corrected chi connectivity index (χ1v) is 3.38. The molecule has 60 valence electrons. The molecule has 3 heteroatoms. The minimum atomic E-state index is -0.459. The van der Waals surface area contributed by atoms with Gasteiger partial charge in [-0.2, -0.15) is 4.39 Å². The molecule has 0 aliphatic rings. The van der Waals surface area contributed by atoms with Gasteiger partial charge in [0.15, 0.2) is 0 Å². The van der Waals surface area contributed by atoms with Crippen molar-refractivity contribution in [3.63, 3.8) is 0 Å². The number of pyridine rings is 1. The van der Waals surface area contributed by atoms with Crippen LogP contribution in [0.2, 0.25) is 0 Å². The maximum atomic E-state index is 12.7. The van der Waals surface area contributed by atoms with Crippen molar-refractivity contribution >= 4 is 0 Å². The summed E-state index contributed by atoms with van der Waals surface area (Å²) in [6, 6.07) is 1.61. The number of nitrogens with zero attached hydrogens (tertiary/aromatic N) is 1. The second kappa shape index (κ2) is 2.96. The summed E-state index contributed by atoms with van der Waals surface area (Å²) in [6.45, 7) is 3.22. The molecule has 0 saturated carbocycles. The van der Waals surface area contributed by atoms with Crippen molar-refractivity contribution in [2.24, 2.45) is 0 Å². The number of aromatic nitrogens is 1. The minimum Gasteiger partial charge on any atom is -0.392 e. The van der Waals surface area contributed by atoms with Gasteiger partial charge < -0.3 is 5.11 Å². The molecule has 0 atom stereocenters. The Balaban J connectivity index is 3.21. The number of aryl methyl sites for hydroxylation is 2. The standard InChI is InChI=1S/C8H10FNO/c1-5-3-7(4-11)6(2)10-8(5)9/h3,11H,4H2,1-2H3. The van der Waals surface area contributed by atoms with E-state index in [9.17, 15) is 4.39 Å². The molecule has 1 heterocycles. The molecule has 0 aliphatic carbocycles. The molecule has 0 radical (unpaired) electrons. The van der Waals surface area contributed by atoms with Crippen LogP contribution in [0.4, 0.5) is 4.39 Å². The average molecular weight is 155 g/mol. The Morgan fingerprint density at radius 3 is 2.73 bits per heavy atom. The number of aliphatic hydroxyl groups is 1. The lowest BCUT2D eigenvalue weighted by molar-refractivity contribution is 0.280. The van der Waals surface area contributed by atoms with E-state index >= 15 is 0 Å². The van der Waals surface area contributed by atoms with E-state index in [0.29, 0.717) is 16.8 Å². The summed E-state index contributed by atoms with van der Waals surface area (Å²) >= 11 is 0. The minimum absolute atomic E-state index is 0.0834. The highest BCUT2D eigenvalue weighted by molar-refractivity contribution is 5.23. The zero-order valence-electron chi connectivity index (χ0n) is 6.56. The Morgan fingerprint density at radius 1 is 1.55 bits per heavy atom. The quantitative estimate of drug-likeness (QED) is 0.620. The van der Waals surface area contributed by atoms with Crippen LogP contribution in [0.25, 0.3) is 0 Å². The molecule has 0 aromatic carbocycles. The number of hydrogen-bond acceptors (Lipinski definition) is 2. The van der Waals surface area contributed by atoms with Gasteiger partial charge in [-0.1, -0.05) is 0 Å². The fourth-order valence-electron chi connectivity index (χ4n) is 0.893. The van der Waals surface area contributed by atoms with E-state index in [1.54, 1.807) is 19.9 Å². The van der Waals surface area contributed by atoms with Crippen LogP contribution < -0.4 is 0 Å². The van der Waals surface area contributed by atoms with Crippen LogP contribution in [-0.2, 0) is 6.61 Å². The predicted molar refractivity (Wildman–Crippen MR) is 39.6 cm³/mol. The molecule has 0 bridgehead atoms. The van der Waals surface area contributed by atoms with E-state index in [4.69, 9.17) is 5.11 Å². The number of halogens is 1. The molecule has 11 heavy (non-hydrogen) atoms. The summed E-state index contributed by atoms with van der Waals surface area (Å²) in [7, 11) is 0. The zero-order valence-corrected chi connectivity index (χ0v) is 6.56. The molecule has 0 amide bonds.